The Hall–Kier alpha value is -8.15. The van der Waals surface area contributed by atoms with E-state index < -0.39 is 182 Å². The lowest BCUT2D eigenvalue weighted by atomic mass is 9.95. The van der Waals surface area contributed by atoms with E-state index in [1.807, 2.05) is 6.92 Å². The van der Waals surface area contributed by atoms with E-state index in [9.17, 15) is 69.8 Å². The van der Waals surface area contributed by atoms with Gasteiger partial charge in [-0.3, -0.25) is 28.0 Å². The Kier molecular flexibility index (Phi) is 27.8. The highest BCUT2D eigenvalue weighted by Crippen LogP contribution is 2.50. The summed E-state index contributed by atoms with van der Waals surface area (Å²) in [6.45, 7) is 9.66. The molecule has 6 saturated heterocycles. The molecule has 0 radical (unpaired) electrons. The average molecular weight is 1800 g/mol. The Balaban J connectivity index is 0.000000140. The molecule has 21 N–H and O–H groups in total. The molecule has 6 fully saturated rings. The second-order valence-corrected chi connectivity index (χ2v) is 33.9. The van der Waals surface area contributed by atoms with Gasteiger partial charge in [0.15, 0.2) is 71.1 Å². The number of nitrogen functional groups attached to an aromatic ring is 4. The number of aliphatic hydroxyl groups excluding tert-OH is 12. The maximum absolute atomic E-state index is 14.1. The minimum atomic E-state index is -1.28. The maximum Gasteiger partial charge on any atom is 0.351 e. The fourth-order valence-corrected chi connectivity index (χ4v) is 15.9. The number of imidazole rings is 2. The minimum absolute atomic E-state index is 0.00443. The number of hydrogen-bond acceptors (Lipinski definition) is 37. The van der Waals surface area contributed by atoms with Crippen molar-refractivity contribution < 1.29 is 98.8 Å². The first-order valence-electron chi connectivity index (χ1n) is 36.1. The second-order valence-electron chi connectivity index (χ2n) is 29.0. The summed E-state index contributed by atoms with van der Waals surface area (Å²) in [6.07, 6.45) is -4.10. The van der Waals surface area contributed by atoms with Gasteiger partial charge in [-0.2, -0.15) is 15.1 Å². The summed E-state index contributed by atoms with van der Waals surface area (Å²) in [5.41, 5.74) is 24.1. The molecular formula is C68H87Cl6FN22O22. The third kappa shape index (κ3) is 17.3. The molecule has 0 saturated carbocycles. The molecule has 16 rings (SSSR count). The zero-order chi connectivity index (χ0) is 87.2. The van der Waals surface area contributed by atoms with Gasteiger partial charge in [0, 0.05) is 24.7 Å². The molecule has 0 amide bonds. The maximum atomic E-state index is 14.1. The molecule has 44 nitrogen and oxygen atoms in total. The van der Waals surface area contributed by atoms with Crippen LogP contribution in [0.2, 0.25) is 0 Å². The van der Waals surface area contributed by atoms with Crippen molar-refractivity contribution >= 4 is 132 Å². The second kappa shape index (κ2) is 36.1. The largest absolute Gasteiger partial charge is 0.476 e. The van der Waals surface area contributed by atoms with Gasteiger partial charge in [0.25, 0.3) is 5.56 Å². The number of H-pyrrole nitrogens is 1. The Morgan fingerprint density at radius 3 is 1.33 bits per heavy atom. The molecule has 10 aromatic heterocycles. The number of rotatable bonds is 14. The van der Waals surface area contributed by atoms with E-state index in [4.69, 9.17) is 136 Å². The topological polar surface area (TPSA) is 649 Å². The van der Waals surface area contributed by atoms with E-state index in [0.29, 0.717) is 51.8 Å². The minimum Gasteiger partial charge on any atom is -0.476 e. The molecule has 0 aromatic carbocycles. The average Bonchev–Trinajstić information content (AvgIpc) is 1.57. The number of fused-ring (bicyclic) bond motifs is 4. The van der Waals surface area contributed by atoms with Gasteiger partial charge >= 0.3 is 11.4 Å². The number of nitrogens with one attached hydrogen (secondary N) is 1. The number of nitrogens with zero attached hydrogens (tertiary/aromatic N) is 17. The lowest BCUT2D eigenvalue weighted by Crippen LogP contribution is -2.42. The number of halogens is 7. The van der Waals surface area contributed by atoms with E-state index in [1.165, 1.54) is 74.8 Å². The fraction of sp³-hybridized carbons (Fsp3) is 0.559. The van der Waals surface area contributed by atoms with Crippen molar-refractivity contribution in [2.24, 2.45) is 0 Å². The molecule has 0 aliphatic carbocycles. The van der Waals surface area contributed by atoms with Crippen molar-refractivity contribution in [1.29, 1.82) is 0 Å². The quantitative estimate of drug-likeness (QED) is 0.0550. The number of alkyl halides is 6. The normalized spacial score (nSPS) is 33.9. The van der Waals surface area contributed by atoms with Crippen LogP contribution in [0.5, 0.6) is 5.88 Å². The van der Waals surface area contributed by atoms with Gasteiger partial charge in [-0.15, -0.1) is 69.6 Å². The molecule has 6 aliphatic heterocycles. The molecule has 0 spiro atoms. The third-order valence-corrected chi connectivity index (χ3v) is 23.2. The zero-order valence-corrected chi connectivity index (χ0v) is 68.4. The van der Waals surface area contributed by atoms with Crippen molar-refractivity contribution in [3.8, 4) is 5.88 Å². The summed E-state index contributed by atoms with van der Waals surface area (Å²) in [6, 6.07) is 6.12. The lowest BCUT2D eigenvalue weighted by molar-refractivity contribution is -0.0470. The van der Waals surface area contributed by atoms with Crippen LogP contribution < -0.4 is 44.6 Å². The third-order valence-electron chi connectivity index (χ3n) is 20.8. The molecule has 6 aliphatic rings. The predicted molar refractivity (Wildman–Crippen MR) is 421 cm³/mol. The lowest BCUT2D eigenvalue weighted by Gasteiger charge is -2.26. The number of aliphatic hydroxyl groups is 12. The first kappa shape index (κ1) is 91.6. The van der Waals surface area contributed by atoms with Crippen LogP contribution in [0.15, 0.2) is 95.2 Å². The highest BCUT2D eigenvalue weighted by molar-refractivity contribution is 6.26. The van der Waals surface area contributed by atoms with Gasteiger partial charge in [-0.05, 0) is 66.7 Å². The van der Waals surface area contributed by atoms with Crippen molar-refractivity contribution in [3.63, 3.8) is 0 Å². The molecule has 650 valence electrons. The number of ether oxygens (including phenoxy) is 7. The summed E-state index contributed by atoms with van der Waals surface area (Å²) in [7, 11) is 0. The summed E-state index contributed by atoms with van der Waals surface area (Å²) in [5.74, 6) is 0.456. The van der Waals surface area contributed by atoms with Gasteiger partial charge in [-0.1, -0.05) is 0 Å². The van der Waals surface area contributed by atoms with Crippen LogP contribution in [0.3, 0.4) is 0 Å². The number of nitrogens with two attached hydrogens (primary N) is 4. The fourth-order valence-electron chi connectivity index (χ4n) is 14.1. The number of anilines is 4. The molecule has 51 heteroatoms. The van der Waals surface area contributed by atoms with Crippen LogP contribution >= 0.6 is 69.6 Å². The number of aromatic amines is 1. The van der Waals surface area contributed by atoms with Crippen LogP contribution in [0.1, 0.15) is 91.4 Å². The summed E-state index contributed by atoms with van der Waals surface area (Å²) in [4.78, 5) is 69.1. The van der Waals surface area contributed by atoms with Crippen LogP contribution in [-0.2, 0) is 28.4 Å². The molecule has 0 unspecified atom stereocenters. The SMILES string of the molecule is CCOc1ncnc2c1ncn2[C@@H]1O[C@H](CO)[C@@H](O)[C@@]1(C)Cl.C[C@@]1(Cl)[C@H](O)[C@@H](CO)O[C@H]1c1ccc2c(N)ncnn12.C[C@@]1(Cl)[C@H](O)[C@@H](CO)O[C@H]1n1cc(F)c2c(N)ncnc21.C[C@@]1(Cl)[C@H](O)[C@@H](CO)O[C@H]1n1ccc(=O)[nH]c1=O.C[C@@]1(Cl)[C@H](O)[C@@H](CO)O[C@H]1n1ccc(N)nc1=O.C[C@@]1(Cl)[C@H](O)[C@@H](CO)O[C@H]1n1cnc2c(N)ncnc21. The van der Waals surface area contributed by atoms with E-state index in [1.54, 1.807) is 53.5 Å². The van der Waals surface area contributed by atoms with E-state index in [2.05, 4.69) is 59.9 Å². The molecule has 16 heterocycles. The highest BCUT2D eigenvalue weighted by atomic mass is 35.5. The predicted octanol–water partition coefficient (Wildman–Crippen LogP) is -1.51. The van der Waals surface area contributed by atoms with Crippen molar-refractivity contribution in [2.75, 3.05) is 69.2 Å². The smallest absolute Gasteiger partial charge is 0.351 e. The van der Waals surface area contributed by atoms with Crippen molar-refractivity contribution in [2.45, 2.75) is 188 Å². The summed E-state index contributed by atoms with van der Waals surface area (Å²) < 4.78 is 61.1. The standard InChI is InChI=1S/C13H17ClN4O4.C12H14ClFN4O3.C12H15ClN4O3.C11H14ClN5O3.C10H14ClN3O4.C10H13ClN2O5/c1-3-21-11-8-10(15-5-16-11)18(6-17-8)12-13(2,14)9(20)7(4-19)22-12;1-12(13)8(20)6(3-19)21-11(12)18-2-5(14)7-9(15)16-4-17-10(7)18;1-12(13)9(19)8(4-18)20-10(12)6-2-3-7-11(14)15-5-16-17(6)7;1-11(12)7(19)5(2-18)20-10(11)17-4-16-6-8(13)14-3-15-9(6)17;1-10(11)7(16)5(4-15)18-8(10)14-3-2-6(12)13-9(14)17;1-10(11)7(16)5(4-14)18-8(10)13-3-2-6(15)12-9(13)17/h5-7,9,12,19-20H,3-4H2,1-2H3;2,4,6,8,11,19-20H,3H2,1H3,(H2,15,16,17);2-3,5,8-10,18-19H,4H2,1H3,(H2,14,15,16);3-5,7,10,18-19H,2H2,1H3,(H2,13,14,15);2-3,5,7-8,15-16H,4H2,1H3,(H2,12,13,17);2-3,5,7-8,14,16H,4H2,1H3,(H,12,15,17)/t7-,9-,12-,13-;6-,8-,11-,12-;8-,9-,10+,12-;5-,7-,10-,11-;2*5-,7-,8-,10-/m111111/s1. The van der Waals surface area contributed by atoms with E-state index in [0.717, 1.165) is 21.4 Å². The van der Waals surface area contributed by atoms with E-state index >= 15 is 0 Å². The Labute approximate surface area is 701 Å². The molecule has 0 bridgehead atoms. The van der Waals surface area contributed by atoms with Gasteiger partial charge in [0.05, 0.1) is 70.0 Å². The molecular weight excluding hydrogens is 1710 g/mol. The Bertz CT molecular complexity index is 5280. The van der Waals surface area contributed by atoms with Gasteiger partial charge in [-0.25, -0.2) is 58.4 Å². The van der Waals surface area contributed by atoms with Crippen molar-refractivity contribution in [3.05, 3.63) is 124 Å². The first-order valence-corrected chi connectivity index (χ1v) is 38.4. The highest BCUT2D eigenvalue weighted by Gasteiger charge is 2.59. The number of aromatic nitrogens is 18. The Morgan fingerprint density at radius 1 is 0.471 bits per heavy atom. The van der Waals surface area contributed by atoms with Crippen LogP contribution in [0.4, 0.5) is 27.7 Å². The molecule has 10 aromatic rings. The van der Waals surface area contributed by atoms with Gasteiger partial charge < -0.3 is 122 Å². The Morgan fingerprint density at radius 2 is 0.874 bits per heavy atom. The van der Waals surface area contributed by atoms with E-state index in [-0.39, 0.29) is 48.3 Å². The van der Waals surface area contributed by atoms with Crippen LogP contribution in [0, 0.1) is 5.82 Å². The summed E-state index contributed by atoms with van der Waals surface area (Å²) >= 11 is 37.9. The zero-order valence-electron chi connectivity index (χ0n) is 63.9. The summed E-state index contributed by atoms with van der Waals surface area (Å²) in [5, 5.41) is 120. The monoisotopic (exact) mass is 1790 g/mol. The molecule has 24 atom stereocenters. The van der Waals surface area contributed by atoms with Crippen LogP contribution in [-0.4, -0.2) is 297 Å². The van der Waals surface area contributed by atoms with Gasteiger partial charge in [0.2, 0.25) is 5.88 Å². The van der Waals surface area contributed by atoms with Crippen LogP contribution in [0.25, 0.3) is 38.9 Å². The number of hydrogen-bond donors (Lipinski definition) is 17. The first-order chi connectivity index (χ1) is 56.1. The van der Waals surface area contributed by atoms with Crippen molar-refractivity contribution in [1.82, 2.24) is 87.3 Å². The molecule has 119 heavy (non-hydrogen) atoms. The van der Waals surface area contributed by atoms with Gasteiger partial charge in [0.1, 0.15) is 157 Å².